The van der Waals surface area contributed by atoms with Gasteiger partial charge in [0.25, 0.3) is 0 Å². The van der Waals surface area contributed by atoms with Crippen molar-refractivity contribution in [2.24, 2.45) is 0 Å². The molecule has 1 aliphatic heterocycles. The van der Waals surface area contributed by atoms with Gasteiger partial charge in [0.2, 0.25) is 5.91 Å². The van der Waals surface area contributed by atoms with E-state index in [1.165, 1.54) is 16.8 Å². The summed E-state index contributed by atoms with van der Waals surface area (Å²) in [6, 6.07) is 16.9. The summed E-state index contributed by atoms with van der Waals surface area (Å²) in [4.78, 5) is 18.7. The molecule has 4 nitrogen and oxygen atoms in total. The van der Waals surface area contributed by atoms with Crippen molar-refractivity contribution >= 4 is 11.6 Å². The smallest absolute Gasteiger partial charge is 0.236 e. The molecular formula is C21H27N3O. The van der Waals surface area contributed by atoms with Crippen molar-refractivity contribution in [1.82, 2.24) is 9.80 Å². The summed E-state index contributed by atoms with van der Waals surface area (Å²) >= 11 is 0. The second-order valence-electron chi connectivity index (χ2n) is 7.04. The van der Waals surface area contributed by atoms with Crippen LogP contribution in [0.3, 0.4) is 0 Å². The first-order valence-electron chi connectivity index (χ1n) is 8.82. The van der Waals surface area contributed by atoms with Gasteiger partial charge in [-0.1, -0.05) is 36.4 Å². The third-order valence-corrected chi connectivity index (χ3v) is 4.87. The van der Waals surface area contributed by atoms with E-state index in [9.17, 15) is 4.79 Å². The molecule has 0 bridgehead atoms. The van der Waals surface area contributed by atoms with Crippen LogP contribution in [0.25, 0.3) is 0 Å². The highest BCUT2D eigenvalue weighted by Gasteiger charge is 2.19. The average Bonchev–Trinajstić information content (AvgIpc) is 2.62. The van der Waals surface area contributed by atoms with Crippen LogP contribution < -0.4 is 4.90 Å². The van der Waals surface area contributed by atoms with Gasteiger partial charge in [0.05, 0.1) is 6.54 Å². The fourth-order valence-corrected chi connectivity index (χ4v) is 3.26. The van der Waals surface area contributed by atoms with Gasteiger partial charge >= 0.3 is 0 Å². The van der Waals surface area contributed by atoms with E-state index in [1.807, 2.05) is 26.0 Å². The molecule has 4 heteroatoms. The summed E-state index contributed by atoms with van der Waals surface area (Å²) in [5.74, 6) is 0.177. The summed E-state index contributed by atoms with van der Waals surface area (Å²) in [7, 11) is 5.95. The maximum Gasteiger partial charge on any atom is 0.236 e. The van der Waals surface area contributed by atoms with Crippen LogP contribution in [0.15, 0.2) is 48.5 Å². The lowest BCUT2D eigenvalue weighted by Gasteiger charge is -2.29. The van der Waals surface area contributed by atoms with Crippen molar-refractivity contribution in [2.45, 2.75) is 19.5 Å². The summed E-state index contributed by atoms with van der Waals surface area (Å²) in [5.41, 5.74) is 5.10. The molecule has 0 fully saturated rings. The molecule has 1 amide bonds. The second-order valence-corrected chi connectivity index (χ2v) is 7.04. The molecular weight excluding hydrogens is 310 g/mol. The molecule has 0 radical (unpaired) electrons. The fraction of sp³-hybridized carbons (Fsp3) is 0.381. The topological polar surface area (TPSA) is 26.8 Å². The Balaban J connectivity index is 1.54. The average molecular weight is 337 g/mol. The van der Waals surface area contributed by atoms with Crippen molar-refractivity contribution in [3.8, 4) is 0 Å². The van der Waals surface area contributed by atoms with Crippen molar-refractivity contribution in [3.05, 3.63) is 65.2 Å². The zero-order valence-electron chi connectivity index (χ0n) is 15.4. The number of likely N-dealkylation sites (N-methyl/N-ethyl adjacent to an activating group) is 1. The lowest BCUT2D eigenvalue weighted by atomic mass is 10.00. The van der Waals surface area contributed by atoms with Gasteiger partial charge in [-0.3, -0.25) is 9.69 Å². The zero-order valence-corrected chi connectivity index (χ0v) is 15.4. The minimum Gasteiger partial charge on any atom is -0.378 e. The largest absolute Gasteiger partial charge is 0.378 e. The Kier molecular flexibility index (Phi) is 5.39. The number of rotatable bonds is 5. The van der Waals surface area contributed by atoms with Gasteiger partial charge in [0.15, 0.2) is 0 Å². The Morgan fingerprint density at radius 3 is 2.36 bits per heavy atom. The van der Waals surface area contributed by atoms with Crippen LogP contribution in [-0.2, 0) is 24.3 Å². The third kappa shape index (κ3) is 4.40. The number of benzene rings is 2. The van der Waals surface area contributed by atoms with Crippen LogP contribution in [-0.4, -0.2) is 49.9 Å². The van der Waals surface area contributed by atoms with Gasteiger partial charge in [0, 0.05) is 46.5 Å². The van der Waals surface area contributed by atoms with Crippen LogP contribution >= 0.6 is 0 Å². The van der Waals surface area contributed by atoms with E-state index in [4.69, 9.17) is 0 Å². The van der Waals surface area contributed by atoms with Gasteiger partial charge in [0.1, 0.15) is 0 Å². The number of amides is 1. The van der Waals surface area contributed by atoms with E-state index >= 15 is 0 Å². The van der Waals surface area contributed by atoms with E-state index in [0.29, 0.717) is 13.1 Å². The molecule has 2 aromatic rings. The molecule has 2 aromatic carbocycles. The predicted molar refractivity (Wildman–Crippen MR) is 103 cm³/mol. The first-order chi connectivity index (χ1) is 12.0. The van der Waals surface area contributed by atoms with E-state index in [1.54, 1.807) is 0 Å². The minimum atomic E-state index is 0.177. The van der Waals surface area contributed by atoms with Crippen LogP contribution in [0.2, 0.25) is 0 Å². The standard InChI is InChI=1S/C21H27N3O/c1-22(2)20-10-8-17(9-11-20)14-23(3)21(25)16-24-13-12-18-6-4-5-7-19(18)15-24/h4-11H,12-16H2,1-3H3. The highest BCUT2D eigenvalue weighted by atomic mass is 16.2. The molecule has 1 aliphatic rings. The van der Waals surface area contributed by atoms with Gasteiger partial charge in [-0.15, -0.1) is 0 Å². The van der Waals surface area contributed by atoms with E-state index in [2.05, 4.69) is 58.3 Å². The normalized spacial score (nSPS) is 14.0. The molecule has 0 aliphatic carbocycles. The molecule has 3 rings (SSSR count). The highest BCUT2D eigenvalue weighted by molar-refractivity contribution is 5.78. The first kappa shape index (κ1) is 17.5. The predicted octanol–water partition coefficient (Wildman–Crippen LogP) is 2.77. The summed E-state index contributed by atoms with van der Waals surface area (Å²) in [6.07, 6.45) is 1.03. The van der Waals surface area contributed by atoms with E-state index < -0.39 is 0 Å². The van der Waals surface area contributed by atoms with Crippen LogP contribution in [0.4, 0.5) is 5.69 Å². The first-order valence-corrected chi connectivity index (χ1v) is 8.82. The Hall–Kier alpha value is -2.33. The maximum atomic E-state index is 12.6. The van der Waals surface area contributed by atoms with E-state index in [-0.39, 0.29) is 5.91 Å². The molecule has 0 atom stereocenters. The van der Waals surface area contributed by atoms with E-state index in [0.717, 1.165) is 25.1 Å². The van der Waals surface area contributed by atoms with Gasteiger partial charge in [-0.2, -0.15) is 0 Å². The third-order valence-electron chi connectivity index (χ3n) is 4.87. The maximum absolute atomic E-state index is 12.6. The molecule has 0 saturated heterocycles. The van der Waals surface area contributed by atoms with Crippen LogP contribution in [0, 0.1) is 0 Å². The number of hydrogen-bond acceptors (Lipinski definition) is 3. The van der Waals surface area contributed by atoms with Crippen molar-refractivity contribution in [3.63, 3.8) is 0 Å². The number of nitrogens with zero attached hydrogens (tertiary/aromatic N) is 3. The number of anilines is 1. The Morgan fingerprint density at radius 1 is 1.00 bits per heavy atom. The van der Waals surface area contributed by atoms with Crippen molar-refractivity contribution in [1.29, 1.82) is 0 Å². The lowest BCUT2D eigenvalue weighted by molar-refractivity contribution is -0.131. The Labute approximate surface area is 150 Å². The van der Waals surface area contributed by atoms with Gasteiger partial charge < -0.3 is 9.80 Å². The summed E-state index contributed by atoms with van der Waals surface area (Å²) < 4.78 is 0. The molecule has 0 aromatic heterocycles. The SMILES string of the molecule is CN(Cc1ccc(N(C)C)cc1)C(=O)CN1CCc2ccccc2C1. The van der Waals surface area contributed by atoms with Crippen LogP contribution in [0.5, 0.6) is 0 Å². The molecule has 0 saturated carbocycles. The monoisotopic (exact) mass is 337 g/mol. The second kappa shape index (κ2) is 7.70. The highest BCUT2D eigenvalue weighted by Crippen LogP contribution is 2.18. The zero-order chi connectivity index (χ0) is 17.8. The molecule has 132 valence electrons. The number of carbonyl (C=O) groups is 1. The number of hydrogen-bond donors (Lipinski definition) is 0. The molecule has 0 unspecified atom stereocenters. The Bertz CT molecular complexity index is 724. The van der Waals surface area contributed by atoms with Gasteiger partial charge in [-0.25, -0.2) is 0 Å². The summed E-state index contributed by atoms with van der Waals surface area (Å²) in [5, 5.41) is 0. The fourth-order valence-electron chi connectivity index (χ4n) is 3.26. The molecule has 0 N–H and O–H groups in total. The molecule has 1 heterocycles. The molecule has 0 spiro atoms. The van der Waals surface area contributed by atoms with Crippen LogP contribution in [0.1, 0.15) is 16.7 Å². The number of fused-ring (bicyclic) bond motifs is 1. The Morgan fingerprint density at radius 2 is 1.68 bits per heavy atom. The van der Waals surface area contributed by atoms with Gasteiger partial charge in [-0.05, 0) is 35.2 Å². The quantitative estimate of drug-likeness (QED) is 0.839. The van der Waals surface area contributed by atoms with Crippen molar-refractivity contribution in [2.75, 3.05) is 39.1 Å². The molecule has 25 heavy (non-hydrogen) atoms. The summed E-state index contributed by atoms with van der Waals surface area (Å²) in [6.45, 7) is 2.96. The lowest BCUT2D eigenvalue weighted by Crippen LogP contribution is -2.40. The van der Waals surface area contributed by atoms with Crippen molar-refractivity contribution < 1.29 is 4.79 Å². The minimum absolute atomic E-state index is 0.177. The number of carbonyl (C=O) groups excluding carboxylic acids is 1.